The number of rotatable bonds is 4. The topological polar surface area (TPSA) is 51.5 Å². The molecule has 0 bridgehead atoms. The quantitative estimate of drug-likeness (QED) is 0.935. The highest BCUT2D eigenvalue weighted by atomic mass is 19.4. The molecule has 1 N–H and O–H groups in total. The van der Waals surface area contributed by atoms with Crippen molar-refractivity contribution in [3.8, 4) is 5.75 Å². The zero-order chi connectivity index (χ0) is 14.6. The fraction of sp³-hybridized carbons (Fsp3) is 0.154. The molecule has 2 rings (SSSR count). The van der Waals surface area contributed by atoms with Gasteiger partial charge in [0.25, 0.3) is 5.91 Å². The van der Waals surface area contributed by atoms with E-state index in [0.29, 0.717) is 5.69 Å². The van der Waals surface area contributed by atoms with Gasteiger partial charge in [-0.25, -0.2) is 0 Å². The third kappa shape index (κ3) is 4.04. The van der Waals surface area contributed by atoms with Crippen molar-refractivity contribution in [3.05, 3.63) is 48.4 Å². The highest BCUT2D eigenvalue weighted by Crippen LogP contribution is 2.21. The molecule has 4 nitrogen and oxygen atoms in total. The van der Waals surface area contributed by atoms with E-state index in [-0.39, 0.29) is 11.5 Å². The van der Waals surface area contributed by atoms with Crippen LogP contribution in [0.25, 0.3) is 0 Å². The van der Waals surface area contributed by atoms with Crippen LogP contribution in [0.5, 0.6) is 5.75 Å². The first-order valence-electron chi connectivity index (χ1n) is 5.58. The molecule has 20 heavy (non-hydrogen) atoms. The Morgan fingerprint density at radius 2 is 2.05 bits per heavy atom. The number of carbonyl (C=O) groups is 1. The number of nitrogens with one attached hydrogen (secondary N) is 1. The van der Waals surface area contributed by atoms with Gasteiger partial charge in [-0.3, -0.25) is 4.79 Å². The summed E-state index contributed by atoms with van der Waals surface area (Å²) in [5.41, 5.74) is 0.311. The molecule has 0 saturated carbocycles. The Hall–Kier alpha value is -2.44. The number of benzene rings is 1. The minimum atomic E-state index is -4.41. The third-order valence-corrected chi connectivity index (χ3v) is 2.24. The molecule has 0 fully saturated rings. The number of furan rings is 1. The Balaban J connectivity index is 2.01. The molecule has 1 aromatic heterocycles. The van der Waals surface area contributed by atoms with E-state index >= 15 is 0 Å². The number of hydrogen-bond donors (Lipinski definition) is 1. The van der Waals surface area contributed by atoms with Crippen LogP contribution < -0.4 is 10.1 Å². The van der Waals surface area contributed by atoms with Gasteiger partial charge in [0, 0.05) is 11.8 Å². The van der Waals surface area contributed by atoms with Crippen LogP contribution >= 0.6 is 0 Å². The first kappa shape index (κ1) is 14.0. The monoisotopic (exact) mass is 285 g/mol. The van der Waals surface area contributed by atoms with E-state index in [1.807, 2.05) is 0 Å². The number of carbonyl (C=O) groups excluding carboxylic acids is 1. The molecule has 7 heteroatoms. The summed E-state index contributed by atoms with van der Waals surface area (Å²) in [5.74, 6) is -0.380. The lowest BCUT2D eigenvalue weighted by Gasteiger charge is -2.10. The average Bonchev–Trinajstić information content (AvgIpc) is 2.90. The van der Waals surface area contributed by atoms with Crippen LogP contribution in [0.15, 0.2) is 47.1 Å². The van der Waals surface area contributed by atoms with Gasteiger partial charge in [0.05, 0.1) is 6.26 Å². The Bertz CT molecular complexity index is 579. The van der Waals surface area contributed by atoms with E-state index in [0.717, 1.165) is 0 Å². The molecule has 1 heterocycles. The first-order chi connectivity index (χ1) is 9.44. The Kier molecular flexibility index (Phi) is 3.97. The summed E-state index contributed by atoms with van der Waals surface area (Å²) in [5, 5.41) is 2.49. The molecule has 0 saturated heterocycles. The summed E-state index contributed by atoms with van der Waals surface area (Å²) in [4.78, 5) is 11.7. The van der Waals surface area contributed by atoms with Gasteiger partial charge in [-0.1, -0.05) is 6.07 Å². The minimum Gasteiger partial charge on any atom is -0.484 e. The molecular formula is C13H10F3NO3. The molecule has 106 valence electrons. The van der Waals surface area contributed by atoms with Crippen molar-refractivity contribution in [3.63, 3.8) is 0 Å². The lowest BCUT2D eigenvalue weighted by molar-refractivity contribution is -0.153. The summed E-state index contributed by atoms with van der Waals surface area (Å²) >= 11 is 0. The second-order valence-corrected chi connectivity index (χ2v) is 3.86. The average molecular weight is 285 g/mol. The van der Waals surface area contributed by atoms with E-state index in [4.69, 9.17) is 4.42 Å². The number of hydrogen-bond acceptors (Lipinski definition) is 3. The minimum absolute atomic E-state index is 0.0135. The van der Waals surface area contributed by atoms with Crippen LogP contribution in [0.3, 0.4) is 0 Å². The molecule has 1 amide bonds. The molecule has 0 aliphatic carbocycles. The van der Waals surface area contributed by atoms with Crippen LogP contribution in [-0.4, -0.2) is 18.7 Å². The van der Waals surface area contributed by atoms with Crippen LogP contribution in [0.4, 0.5) is 18.9 Å². The zero-order valence-corrected chi connectivity index (χ0v) is 10.1. The molecule has 0 radical (unpaired) electrons. The van der Waals surface area contributed by atoms with Gasteiger partial charge in [-0.05, 0) is 24.3 Å². The fourth-order valence-corrected chi connectivity index (χ4v) is 1.43. The predicted octanol–water partition coefficient (Wildman–Crippen LogP) is 3.47. The van der Waals surface area contributed by atoms with E-state index in [9.17, 15) is 18.0 Å². The highest BCUT2D eigenvalue weighted by molar-refractivity contribution is 6.02. The van der Waals surface area contributed by atoms with Gasteiger partial charge in [-0.2, -0.15) is 13.2 Å². The van der Waals surface area contributed by atoms with Crippen LogP contribution in [0.2, 0.25) is 0 Å². The van der Waals surface area contributed by atoms with E-state index < -0.39 is 18.7 Å². The largest absolute Gasteiger partial charge is 0.484 e. The summed E-state index contributed by atoms with van der Waals surface area (Å²) in [6.07, 6.45) is -3.06. The van der Waals surface area contributed by atoms with Crippen molar-refractivity contribution in [2.24, 2.45) is 0 Å². The maximum absolute atomic E-state index is 12.0. The molecule has 0 aliphatic rings. The SMILES string of the molecule is O=C(Nc1cccc(OCC(F)(F)F)c1)c1ccco1. The lowest BCUT2D eigenvalue weighted by atomic mass is 10.3. The summed E-state index contributed by atoms with van der Waals surface area (Å²) < 4.78 is 45.6. The van der Waals surface area contributed by atoms with E-state index in [2.05, 4.69) is 10.1 Å². The Morgan fingerprint density at radius 3 is 2.70 bits per heavy atom. The van der Waals surface area contributed by atoms with Gasteiger partial charge in [0.2, 0.25) is 0 Å². The maximum atomic E-state index is 12.0. The van der Waals surface area contributed by atoms with Crippen LogP contribution in [0.1, 0.15) is 10.6 Å². The number of ether oxygens (including phenoxy) is 1. The highest BCUT2D eigenvalue weighted by Gasteiger charge is 2.28. The maximum Gasteiger partial charge on any atom is 0.422 e. The Labute approximate surface area is 112 Å². The van der Waals surface area contributed by atoms with Crippen LogP contribution in [0, 0.1) is 0 Å². The van der Waals surface area contributed by atoms with Gasteiger partial charge in [0.15, 0.2) is 12.4 Å². The third-order valence-electron chi connectivity index (χ3n) is 2.24. The predicted molar refractivity (Wildman–Crippen MR) is 64.7 cm³/mol. The number of amides is 1. The van der Waals surface area contributed by atoms with Gasteiger partial charge in [0.1, 0.15) is 5.75 Å². The van der Waals surface area contributed by atoms with Gasteiger partial charge >= 0.3 is 6.18 Å². The molecule has 0 atom stereocenters. The van der Waals surface area contributed by atoms with Gasteiger partial charge in [-0.15, -0.1) is 0 Å². The van der Waals surface area contributed by atoms with Crippen molar-refractivity contribution >= 4 is 11.6 Å². The van der Waals surface area contributed by atoms with E-state index in [1.165, 1.54) is 36.6 Å². The Morgan fingerprint density at radius 1 is 1.25 bits per heavy atom. The molecule has 1 aromatic carbocycles. The van der Waals surface area contributed by atoms with Crippen molar-refractivity contribution in [2.45, 2.75) is 6.18 Å². The van der Waals surface area contributed by atoms with Crippen molar-refractivity contribution in [1.29, 1.82) is 0 Å². The normalized spacial score (nSPS) is 11.2. The van der Waals surface area contributed by atoms with Crippen molar-refractivity contribution in [2.75, 3.05) is 11.9 Å². The summed E-state index contributed by atoms with van der Waals surface area (Å²) in [7, 11) is 0. The molecular weight excluding hydrogens is 275 g/mol. The number of anilines is 1. The van der Waals surface area contributed by atoms with Crippen LogP contribution in [-0.2, 0) is 0 Å². The standard InChI is InChI=1S/C13H10F3NO3/c14-13(15,16)8-20-10-4-1-3-9(7-10)17-12(18)11-5-2-6-19-11/h1-7H,8H2,(H,17,18). The molecule has 0 spiro atoms. The molecule has 0 aliphatic heterocycles. The second kappa shape index (κ2) is 5.68. The van der Waals surface area contributed by atoms with Gasteiger partial charge < -0.3 is 14.5 Å². The first-order valence-corrected chi connectivity index (χ1v) is 5.58. The van der Waals surface area contributed by atoms with E-state index in [1.54, 1.807) is 6.07 Å². The number of halogens is 3. The zero-order valence-electron chi connectivity index (χ0n) is 10.1. The summed E-state index contributed by atoms with van der Waals surface area (Å²) in [6, 6.07) is 8.70. The smallest absolute Gasteiger partial charge is 0.422 e. The fourth-order valence-electron chi connectivity index (χ4n) is 1.43. The molecule has 0 unspecified atom stereocenters. The second-order valence-electron chi connectivity index (χ2n) is 3.86. The number of alkyl halides is 3. The molecule has 2 aromatic rings. The van der Waals surface area contributed by atoms with Crippen molar-refractivity contribution in [1.82, 2.24) is 0 Å². The lowest BCUT2D eigenvalue weighted by Crippen LogP contribution is -2.19. The van der Waals surface area contributed by atoms with Crippen molar-refractivity contribution < 1.29 is 27.1 Å². The summed E-state index contributed by atoms with van der Waals surface area (Å²) in [6.45, 7) is -1.39.